The Morgan fingerprint density at radius 1 is 0.900 bits per heavy atom. The van der Waals surface area contributed by atoms with Gasteiger partial charge in [-0.15, -0.1) is 0 Å². The maximum atomic E-state index is 12.3. The van der Waals surface area contributed by atoms with Gasteiger partial charge in [-0.3, -0.25) is 24.2 Å². The fraction of sp³-hybridized carbons (Fsp3) is 0.857. The quantitative estimate of drug-likeness (QED) is 0.211. The molecule has 30 heavy (non-hydrogen) atoms. The minimum atomic E-state index is -0.855. The van der Waals surface area contributed by atoms with Crippen molar-refractivity contribution in [2.45, 2.75) is 51.5 Å². The lowest BCUT2D eigenvalue weighted by Gasteiger charge is -2.37. The third-order valence-corrected chi connectivity index (χ3v) is 6.02. The first kappa shape index (κ1) is 24.6. The van der Waals surface area contributed by atoms with Gasteiger partial charge in [-0.25, -0.2) is 0 Å². The van der Waals surface area contributed by atoms with E-state index in [0.717, 1.165) is 58.7 Å². The number of carbonyl (C=O) groups excluding carboxylic acids is 2. The fourth-order valence-corrected chi connectivity index (χ4v) is 4.17. The van der Waals surface area contributed by atoms with E-state index in [1.165, 1.54) is 0 Å². The van der Waals surface area contributed by atoms with Crippen molar-refractivity contribution < 1.29 is 19.5 Å². The molecule has 3 N–H and O–H groups in total. The predicted molar refractivity (Wildman–Crippen MR) is 115 cm³/mol. The molecule has 2 fully saturated rings. The first-order valence-electron chi connectivity index (χ1n) is 11.4. The van der Waals surface area contributed by atoms with Gasteiger partial charge in [0.2, 0.25) is 11.8 Å². The number of carboxylic acids is 1. The van der Waals surface area contributed by atoms with Crippen molar-refractivity contribution in [3.05, 3.63) is 0 Å². The average Bonchev–Trinajstić information content (AvgIpc) is 3.15. The largest absolute Gasteiger partial charge is 0.481 e. The molecular formula is C21H39N5O4. The summed E-state index contributed by atoms with van der Waals surface area (Å²) in [4.78, 5) is 41.7. The number of rotatable bonds is 13. The zero-order valence-corrected chi connectivity index (χ0v) is 18.4. The van der Waals surface area contributed by atoms with E-state index in [9.17, 15) is 14.4 Å². The van der Waals surface area contributed by atoms with Crippen LogP contribution in [0.3, 0.4) is 0 Å². The summed E-state index contributed by atoms with van der Waals surface area (Å²) < 4.78 is 0. The predicted octanol–water partition coefficient (Wildman–Crippen LogP) is -0.0343. The summed E-state index contributed by atoms with van der Waals surface area (Å²) in [7, 11) is 0. The highest BCUT2D eigenvalue weighted by Gasteiger charge is 2.28. The number of hydrogen-bond donors (Lipinski definition) is 3. The molecule has 0 bridgehead atoms. The number of aliphatic carboxylic acids is 1. The number of likely N-dealkylation sites (tertiary alicyclic amines) is 1. The zero-order chi connectivity index (χ0) is 21.8. The van der Waals surface area contributed by atoms with Gasteiger partial charge in [0.05, 0.1) is 6.54 Å². The minimum absolute atomic E-state index is 0.0274. The lowest BCUT2D eigenvalue weighted by atomic mass is 10.3. The molecule has 9 nitrogen and oxygen atoms in total. The highest BCUT2D eigenvalue weighted by atomic mass is 16.5. The molecule has 9 heteroatoms. The van der Waals surface area contributed by atoms with Crippen LogP contribution in [0, 0.1) is 0 Å². The molecule has 0 aliphatic carbocycles. The zero-order valence-electron chi connectivity index (χ0n) is 18.4. The number of nitrogens with one attached hydrogen (secondary N) is 2. The fourth-order valence-electron chi connectivity index (χ4n) is 4.17. The average molecular weight is 437 g/mol. The van der Waals surface area contributed by atoms with Crippen LogP contribution in [0.5, 0.6) is 0 Å². The SMILES string of the molecule is CCN1CCN([13CH2]C2CCC[15N]2CC(=O)[15NH][13CH2][13CH2][13CH2][13C](=O)[15NH]CC[13CH2][13C](=O)O)[13CH2][13CH2]1. The minimum Gasteiger partial charge on any atom is -0.481 e. The second-order valence-electron chi connectivity index (χ2n) is 8.30. The molecule has 2 rings (SSSR count). The maximum Gasteiger partial charge on any atom is 0.303 e. The van der Waals surface area contributed by atoms with Crippen molar-refractivity contribution in [1.29, 1.82) is 0 Å². The molecule has 1 atom stereocenters. The van der Waals surface area contributed by atoms with Crippen molar-refractivity contribution in [1.82, 2.24) is 25.3 Å². The molecule has 2 amide bonds. The number of likely N-dealkylation sites (N-methyl/N-ethyl adjacent to an activating group) is 1. The second-order valence-corrected chi connectivity index (χ2v) is 8.30. The normalized spacial score (nSPS) is 20.9. The Kier molecular flexibility index (Phi) is 11.1. The Hall–Kier alpha value is -1.71. The summed E-state index contributed by atoms with van der Waals surface area (Å²) in [6.07, 6.45) is 3.72. The number of carbonyl (C=O) groups is 3. The van der Waals surface area contributed by atoms with E-state index in [1.807, 2.05) is 0 Å². The van der Waals surface area contributed by atoms with Crippen LogP contribution in [-0.2, 0) is 14.4 Å². The van der Waals surface area contributed by atoms with Crippen molar-refractivity contribution in [2.75, 3.05) is 65.4 Å². The van der Waals surface area contributed by atoms with Crippen LogP contribution in [0.4, 0.5) is 0 Å². The lowest BCUT2D eigenvalue weighted by Crippen LogP contribution is -2.51. The van der Waals surface area contributed by atoms with Crippen LogP contribution >= 0.6 is 0 Å². The Balaban J connectivity index is 1.55. The third kappa shape index (κ3) is 9.40. The Morgan fingerprint density at radius 3 is 2.20 bits per heavy atom. The molecule has 2 aliphatic heterocycles. The number of nitrogens with zero attached hydrogens (tertiary/aromatic N) is 3. The smallest absolute Gasteiger partial charge is 0.303 e. The van der Waals surface area contributed by atoms with E-state index >= 15 is 0 Å². The topological polar surface area (TPSA) is 105 Å². The van der Waals surface area contributed by atoms with Crippen molar-refractivity contribution in [3.8, 4) is 0 Å². The van der Waals surface area contributed by atoms with Gasteiger partial charge < -0.3 is 20.6 Å². The molecule has 2 saturated heterocycles. The molecule has 1 unspecified atom stereocenters. The summed E-state index contributed by atoms with van der Waals surface area (Å²) >= 11 is 0. The summed E-state index contributed by atoms with van der Waals surface area (Å²) in [6, 6.07) is 0.459. The van der Waals surface area contributed by atoms with E-state index in [4.69, 9.17) is 5.11 Å². The van der Waals surface area contributed by atoms with E-state index in [-0.39, 0.29) is 18.2 Å². The molecular weight excluding hydrogens is 398 g/mol. The van der Waals surface area contributed by atoms with Gasteiger partial charge in [-0.05, 0) is 38.8 Å². The lowest BCUT2D eigenvalue weighted by molar-refractivity contribution is -0.137. The van der Waals surface area contributed by atoms with Crippen LogP contribution in [0.2, 0.25) is 0 Å². The van der Waals surface area contributed by atoms with E-state index in [1.54, 1.807) is 0 Å². The Bertz CT molecular complexity index is 552. The second kappa shape index (κ2) is 13.6. The molecule has 172 valence electrons. The molecule has 0 aromatic rings. The Morgan fingerprint density at radius 2 is 1.53 bits per heavy atom. The summed E-state index contributed by atoms with van der Waals surface area (Å²) in [5.41, 5.74) is 0. The number of piperazine rings is 1. The Labute approximate surface area is 180 Å². The summed E-state index contributed by atoms with van der Waals surface area (Å²) in [5.74, 6) is -0.928. The number of carboxylic acid groups (broad SMARTS) is 1. The first-order valence-corrected chi connectivity index (χ1v) is 11.4. The van der Waals surface area contributed by atoms with Crippen LogP contribution in [0.15, 0.2) is 0 Å². The maximum absolute atomic E-state index is 12.3. The molecule has 0 aromatic heterocycles. The highest BCUT2D eigenvalue weighted by Crippen LogP contribution is 2.18. The van der Waals surface area contributed by atoms with Crippen molar-refractivity contribution >= 4 is 17.8 Å². The number of hydrogen-bond acceptors (Lipinski definition) is 6. The van der Waals surface area contributed by atoms with E-state index in [0.29, 0.717) is 44.9 Å². The van der Waals surface area contributed by atoms with Gasteiger partial charge in [0.25, 0.3) is 0 Å². The van der Waals surface area contributed by atoms with Crippen LogP contribution in [0.1, 0.15) is 45.4 Å². The molecule has 0 aromatic carbocycles. The molecule has 0 radical (unpaired) electrons. The van der Waals surface area contributed by atoms with Gasteiger partial charge in [0.15, 0.2) is 0 Å². The summed E-state index contributed by atoms with van der Waals surface area (Å²) in [5, 5.41) is 14.2. The van der Waals surface area contributed by atoms with Crippen molar-refractivity contribution in [2.24, 2.45) is 0 Å². The highest BCUT2D eigenvalue weighted by molar-refractivity contribution is 5.78. The van der Waals surface area contributed by atoms with Gasteiger partial charge in [-0.2, -0.15) is 0 Å². The van der Waals surface area contributed by atoms with Gasteiger partial charge in [-0.1, -0.05) is 6.92 Å². The third-order valence-electron chi connectivity index (χ3n) is 6.02. The molecule has 2 heterocycles. The van der Waals surface area contributed by atoms with Crippen molar-refractivity contribution in [3.63, 3.8) is 0 Å². The molecule has 0 saturated carbocycles. The van der Waals surface area contributed by atoms with Crippen LogP contribution < -0.4 is 10.6 Å². The van der Waals surface area contributed by atoms with Gasteiger partial charge in [0, 0.05) is 64.7 Å². The van der Waals surface area contributed by atoms with Crippen LogP contribution in [0.25, 0.3) is 0 Å². The van der Waals surface area contributed by atoms with Crippen LogP contribution in [-0.4, -0.2) is 109 Å². The van der Waals surface area contributed by atoms with E-state index < -0.39 is 5.97 Å². The monoisotopic (exact) mass is 437 g/mol. The van der Waals surface area contributed by atoms with Gasteiger partial charge in [0.1, 0.15) is 0 Å². The molecule has 2 aliphatic rings. The van der Waals surface area contributed by atoms with Gasteiger partial charge >= 0.3 is 5.97 Å². The first-order chi connectivity index (χ1) is 14.5. The number of amides is 2. The summed E-state index contributed by atoms with van der Waals surface area (Å²) in [6.45, 7) is 11.1. The van der Waals surface area contributed by atoms with E-state index in [2.05, 4.69) is 32.3 Å². The molecule has 0 spiro atoms. The standard InChI is InChI=1S/C21H39N5O4/c1-2-24-12-14-25(15-13-24)16-18-6-5-11-26(18)17-20(28)23-9-3-7-19(27)22-10-4-8-21(29)30/h18H,2-17H2,1H3,(H,22,27)(H,23,28)(H,29,30)/i3+1,7+1,8+1,9+1,12+1,14+1,16+1,19+1,21+1,22+1,23+1,26+1.